The Morgan fingerprint density at radius 2 is 1.93 bits per heavy atom. The van der Waals surface area contributed by atoms with Crippen LogP contribution in [-0.4, -0.2) is 23.9 Å². The van der Waals surface area contributed by atoms with Gasteiger partial charge in [0, 0.05) is 17.3 Å². The molecule has 1 heterocycles. The van der Waals surface area contributed by atoms with E-state index in [1.54, 1.807) is 6.07 Å². The van der Waals surface area contributed by atoms with Crippen LogP contribution in [0.25, 0.3) is 0 Å². The first-order valence-electron chi connectivity index (χ1n) is 4.80. The highest BCUT2D eigenvalue weighted by molar-refractivity contribution is 9.10. The summed E-state index contributed by atoms with van der Waals surface area (Å²) in [5.41, 5.74) is 0.676. The number of hydrogen-bond acceptors (Lipinski definition) is 0. The van der Waals surface area contributed by atoms with Crippen molar-refractivity contribution in [3.63, 3.8) is 0 Å². The highest BCUT2D eigenvalue weighted by Crippen LogP contribution is 2.14. The van der Waals surface area contributed by atoms with Crippen LogP contribution in [0.2, 0.25) is 0 Å². The topological polar surface area (TPSA) is 3.01 Å². The Labute approximate surface area is 104 Å². The second kappa shape index (κ2) is 5.61. The maximum absolute atomic E-state index is 13.4. The zero-order chi connectivity index (χ0) is 9.97. The average Bonchev–Trinajstić information content (AvgIpc) is 2.62. The Bertz CT molecular complexity index is 371. The normalized spacial score (nSPS) is 14.9. The van der Waals surface area contributed by atoms with E-state index in [9.17, 15) is 4.39 Å². The number of halogens is 3. The van der Waals surface area contributed by atoms with E-state index in [0.717, 1.165) is 17.6 Å². The molecule has 1 fully saturated rings. The molecule has 82 valence electrons. The third kappa shape index (κ3) is 3.28. The summed E-state index contributed by atoms with van der Waals surface area (Å²) in [6.07, 6.45) is 4.35. The fourth-order valence-corrected chi connectivity index (χ4v) is 2.01. The van der Waals surface area contributed by atoms with E-state index in [-0.39, 0.29) is 18.2 Å². The SMILES string of the molecule is Fc1cc(Br)ccc1C=[N+]1CCCC1.[Cl-]. The van der Waals surface area contributed by atoms with Crippen LogP contribution in [0.1, 0.15) is 18.4 Å². The van der Waals surface area contributed by atoms with Crippen LogP contribution in [0.5, 0.6) is 0 Å². The molecule has 0 aromatic heterocycles. The second-order valence-electron chi connectivity index (χ2n) is 3.54. The average molecular weight is 293 g/mol. The monoisotopic (exact) mass is 291 g/mol. The number of benzene rings is 1. The van der Waals surface area contributed by atoms with E-state index >= 15 is 0 Å². The molecule has 0 N–H and O–H groups in total. The lowest BCUT2D eigenvalue weighted by atomic mass is 10.2. The molecule has 0 saturated carbocycles. The van der Waals surface area contributed by atoms with Gasteiger partial charge in [0.15, 0.2) is 6.21 Å². The van der Waals surface area contributed by atoms with Crippen molar-refractivity contribution in [3.05, 3.63) is 34.1 Å². The largest absolute Gasteiger partial charge is 1.00 e. The van der Waals surface area contributed by atoms with E-state index in [4.69, 9.17) is 0 Å². The van der Waals surface area contributed by atoms with Crippen molar-refractivity contribution in [2.24, 2.45) is 0 Å². The predicted molar refractivity (Wildman–Crippen MR) is 58.5 cm³/mol. The predicted octanol–water partition coefficient (Wildman–Crippen LogP) is -0.183. The standard InChI is InChI=1S/C11H12BrFN.ClH/c12-10-4-3-9(11(13)7-10)8-14-5-1-2-6-14;/h3-4,7-8H,1-2,5-6H2;1H/q+1;/p-1. The zero-order valence-corrected chi connectivity index (χ0v) is 10.6. The third-order valence-corrected chi connectivity index (χ3v) is 2.92. The molecule has 0 unspecified atom stereocenters. The first kappa shape index (κ1) is 12.7. The summed E-state index contributed by atoms with van der Waals surface area (Å²) in [6.45, 7) is 2.10. The zero-order valence-electron chi connectivity index (χ0n) is 8.22. The van der Waals surface area contributed by atoms with Gasteiger partial charge >= 0.3 is 0 Å². The Morgan fingerprint density at radius 1 is 1.27 bits per heavy atom. The van der Waals surface area contributed by atoms with Crippen molar-refractivity contribution in [1.29, 1.82) is 0 Å². The minimum absolute atomic E-state index is 0. The molecule has 0 bridgehead atoms. The van der Waals surface area contributed by atoms with Gasteiger partial charge < -0.3 is 12.4 Å². The van der Waals surface area contributed by atoms with Crippen LogP contribution in [-0.2, 0) is 0 Å². The van der Waals surface area contributed by atoms with Gasteiger partial charge in [-0.3, -0.25) is 0 Å². The molecule has 2 rings (SSSR count). The van der Waals surface area contributed by atoms with Gasteiger partial charge in [0.05, 0.1) is 5.56 Å². The fraction of sp³-hybridized carbons (Fsp3) is 0.364. The van der Waals surface area contributed by atoms with Crippen LogP contribution < -0.4 is 12.4 Å². The Hall–Kier alpha value is -0.410. The van der Waals surface area contributed by atoms with Crippen molar-refractivity contribution in [2.75, 3.05) is 13.1 Å². The lowest BCUT2D eigenvalue weighted by Crippen LogP contribution is -3.00. The van der Waals surface area contributed by atoms with Crippen LogP contribution in [0.15, 0.2) is 22.7 Å². The summed E-state index contributed by atoms with van der Waals surface area (Å²) in [5, 5.41) is 0. The summed E-state index contributed by atoms with van der Waals surface area (Å²) in [5.74, 6) is -0.161. The highest BCUT2D eigenvalue weighted by Gasteiger charge is 2.13. The van der Waals surface area contributed by atoms with E-state index in [0.29, 0.717) is 5.56 Å². The van der Waals surface area contributed by atoms with E-state index in [1.165, 1.54) is 18.9 Å². The van der Waals surface area contributed by atoms with Gasteiger partial charge in [-0.25, -0.2) is 8.97 Å². The molecule has 0 aliphatic carbocycles. The molecule has 1 saturated heterocycles. The third-order valence-electron chi connectivity index (χ3n) is 2.42. The van der Waals surface area contributed by atoms with Gasteiger partial charge in [0.2, 0.25) is 0 Å². The van der Waals surface area contributed by atoms with Gasteiger partial charge in [-0.2, -0.15) is 0 Å². The van der Waals surface area contributed by atoms with Crippen LogP contribution in [0, 0.1) is 5.82 Å². The number of nitrogens with zero attached hydrogens (tertiary/aromatic N) is 1. The summed E-state index contributed by atoms with van der Waals surface area (Å²) >= 11 is 3.24. The maximum atomic E-state index is 13.4. The minimum atomic E-state index is -0.161. The van der Waals surface area contributed by atoms with Crippen molar-refractivity contribution in [3.8, 4) is 0 Å². The van der Waals surface area contributed by atoms with Crippen molar-refractivity contribution in [2.45, 2.75) is 12.8 Å². The summed E-state index contributed by atoms with van der Waals surface area (Å²) in [4.78, 5) is 0. The minimum Gasteiger partial charge on any atom is -1.00 e. The van der Waals surface area contributed by atoms with E-state index < -0.39 is 0 Å². The Balaban J connectivity index is 0.00000112. The van der Waals surface area contributed by atoms with Gasteiger partial charge in [-0.05, 0) is 18.2 Å². The summed E-state index contributed by atoms with van der Waals surface area (Å²) in [6, 6.07) is 5.17. The van der Waals surface area contributed by atoms with E-state index in [2.05, 4.69) is 20.5 Å². The van der Waals surface area contributed by atoms with Crippen molar-refractivity contribution in [1.82, 2.24) is 0 Å². The summed E-state index contributed by atoms with van der Waals surface area (Å²) in [7, 11) is 0. The van der Waals surface area contributed by atoms with E-state index in [1.807, 2.05) is 12.3 Å². The second-order valence-corrected chi connectivity index (χ2v) is 4.45. The molecular weight excluding hydrogens is 280 g/mol. The van der Waals surface area contributed by atoms with Gasteiger partial charge in [-0.15, -0.1) is 0 Å². The molecule has 1 aromatic rings. The Morgan fingerprint density at radius 3 is 2.53 bits per heavy atom. The molecule has 0 radical (unpaired) electrons. The molecule has 1 aromatic carbocycles. The number of rotatable bonds is 1. The molecule has 0 spiro atoms. The van der Waals surface area contributed by atoms with Gasteiger partial charge in [-0.1, -0.05) is 15.9 Å². The molecular formula is C11H12BrClFN. The van der Waals surface area contributed by atoms with Gasteiger partial charge in [0.25, 0.3) is 0 Å². The molecule has 4 heteroatoms. The van der Waals surface area contributed by atoms with Gasteiger partial charge in [0.1, 0.15) is 18.9 Å². The molecule has 1 aliphatic heterocycles. The first-order valence-corrected chi connectivity index (χ1v) is 5.59. The molecule has 0 amide bonds. The lowest BCUT2D eigenvalue weighted by molar-refractivity contribution is -0.500. The van der Waals surface area contributed by atoms with Crippen molar-refractivity contribution >= 4 is 22.1 Å². The molecule has 0 atom stereocenters. The molecule has 1 nitrogen and oxygen atoms in total. The molecule has 15 heavy (non-hydrogen) atoms. The number of hydrogen-bond donors (Lipinski definition) is 0. The first-order chi connectivity index (χ1) is 6.75. The fourth-order valence-electron chi connectivity index (χ4n) is 1.67. The Kier molecular flexibility index (Phi) is 4.74. The lowest BCUT2D eigenvalue weighted by Gasteiger charge is -1.96. The smallest absolute Gasteiger partial charge is 0.173 e. The molecule has 1 aliphatic rings. The van der Waals surface area contributed by atoms with Crippen molar-refractivity contribution < 1.29 is 21.4 Å². The quantitative estimate of drug-likeness (QED) is 0.632. The van der Waals surface area contributed by atoms with Crippen LogP contribution in [0.3, 0.4) is 0 Å². The van der Waals surface area contributed by atoms with Crippen LogP contribution in [0.4, 0.5) is 4.39 Å². The maximum Gasteiger partial charge on any atom is 0.173 e. The van der Waals surface area contributed by atoms with Crippen LogP contribution >= 0.6 is 15.9 Å². The summed E-state index contributed by atoms with van der Waals surface area (Å²) < 4.78 is 16.4. The highest BCUT2D eigenvalue weighted by atomic mass is 79.9.